The maximum Gasteiger partial charge on any atom is 0.522 e. The first kappa shape index (κ1) is 28.5. The van der Waals surface area contributed by atoms with E-state index in [4.69, 9.17) is 0 Å². The number of halogens is 3. The van der Waals surface area contributed by atoms with Gasteiger partial charge >= 0.3 is 18.2 Å². The van der Waals surface area contributed by atoms with Crippen LogP contribution in [0.5, 0.6) is 0 Å². The molecule has 0 bridgehead atoms. The van der Waals surface area contributed by atoms with Crippen molar-refractivity contribution in [2.24, 2.45) is 17.8 Å². The van der Waals surface area contributed by atoms with Crippen molar-refractivity contribution < 1.29 is 41.9 Å². The van der Waals surface area contributed by atoms with Gasteiger partial charge in [-0.3, -0.25) is 28.7 Å². The Morgan fingerprint density at radius 3 is 2.56 bits per heavy atom. The predicted molar refractivity (Wildman–Crippen MR) is 131 cm³/mol. The van der Waals surface area contributed by atoms with Crippen LogP contribution in [0.4, 0.5) is 18.9 Å². The number of likely N-dealkylation sites (tertiary alicyclic amines) is 1. The highest BCUT2D eigenvalue weighted by Crippen LogP contribution is 2.42. The Morgan fingerprint density at radius 2 is 1.90 bits per heavy atom. The number of fused-ring (bicyclic) bond motifs is 1. The molecule has 3 N–H and O–H groups in total. The van der Waals surface area contributed by atoms with Crippen LogP contribution in [-0.2, 0) is 28.7 Å². The zero-order chi connectivity index (χ0) is 28.3. The van der Waals surface area contributed by atoms with Gasteiger partial charge in [0.15, 0.2) is 5.78 Å². The van der Waals surface area contributed by atoms with Crippen molar-refractivity contribution in [2.75, 3.05) is 25.0 Å². The number of para-hydroxylation sites is 1. The molecule has 4 rings (SSSR count). The van der Waals surface area contributed by atoms with Gasteiger partial charge in [0.05, 0.1) is 6.04 Å². The molecule has 3 aliphatic rings. The van der Waals surface area contributed by atoms with Gasteiger partial charge in [-0.25, -0.2) is 0 Å². The third-order valence-corrected chi connectivity index (χ3v) is 7.77. The van der Waals surface area contributed by atoms with Gasteiger partial charge < -0.3 is 20.9 Å². The Bertz CT molecular complexity index is 1140. The summed E-state index contributed by atoms with van der Waals surface area (Å²) in [4.78, 5) is 65.6. The van der Waals surface area contributed by atoms with Crippen LogP contribution in [0.2, 0.25) is 0 Å². The highest BCUT2D eigenvalue weighted by Gasteiger charge is 2.51. The Morgan fingerprint density at radius 1 is 1.15 bits per heavy atom. The summed E-state index contributed by atoms with van der Waals surface area (Å²) in [6.45, 7) is 0.952. The summed E-state index contributed by atoms with van der Waals surface area (Å²) in [6, 6.07) is 4.37. The molecule has 2 heterocycles. The number of alkyl halides is 3. The largest absolute Gasteiger partial charge is 0.522 e. The van der Waals surface area contributed by atoms with E-state index in [1.807, 2.05) is 0 Å². The number of nitrogens with one attached hydrogen (secondary N) is 3. The van der Waals surface area contributed by atoms with Crippen molar-refractivity contribution in [1.82, 2.24) is 15.5 Å². The number of aryl methyl sites for hydroxylation is 1. The maximum absolute atomic E-state index is 13.6. The van der Waals surface area contributed by atoms with E-state index in [0.29, 0.717) is 25.1 Å². The Kier molecular flexibility index (Phi) is 8.57. The summed E-state index contributed by atoms with van der Waals surface area (Å²) in [6.07, 6.45) is -2.71. The number of hydrogen-bond acceptors (Lipinski definition) is 6. The van der Waals surface area contributed by atoms with Crippen molar-refractivity contribution >= 4 is 35.1 Å². The van der Waals surface area contributed by atoms with E-state index < -0.39 is 54.5 Å². The maximum atomic E-state index is 13.6. The first-order valence-corrected chi connectivity index (χ1v) is 12.9. The number of Topliss-reactive ketones (excluding diaryl/α,β-unsaturated/α-hetero) is 1. The van der Waals surface area contributed by atoms with Gasteiger partial charge in [-0.2, -0.15) is 0 Å². The zero-order valence-electron chi connectivity index (χ0n) is 21.4. The van der Waals surface area contributed by atoms with Crippen molar-refractivity contribution in [1.29, 1.82) is 0 Å². The van der Waals surface area contributed by atoms with E-state index in [1.54, 1.807) is 31.2 Å². The van der Waals surface area contributed by atoms with Crippen LogP contribution >= 0.6 is 0 Å². The molecule has 13 heteroatoms. The lowest BCUT2D eigenvalue weighted by molar-refractivity contribution is -0.321. The molecular weight excluding hydrogens is 521 g/mol. The summed E-state index contributed by atoms with van der Waals surface area (Å²) >= 11 is 0. The van der Waals surface area contributed by atoms with Crippen molar-refractivity contribution in [3.8, 4) is 0 Å². The number of hydrogen-bond donors (Lipinski definition) is 3. The van der Waals surface area contributed by atoms with Crippen LogP contribution < -0.4 is 16.0 Å². The number of anilines is 1. The van der Waals surface area contributed by atoms with Crippen LogP contribution in [-0.4, -0.2) is 72.5 Å². The average Bonchev–Trinajstić information content (AvgIpc) is 3.58. The molecule has 1 aliphatic carbocycles. The van der Waals surface area contributed by atoms with E-state index in [-0.39, 0.29) is 30.7 Å². The molecule has 2 saturated heterocycles. The summed E-state index contributed by atoms with van der Waals surface area (Å²) in [7, 11) is 0. The highest BCUT2D eigenvalue weighted by molar-refractivity contribution is 6.40. The molecule has 5 atom stereocenters. The minimum Gasteiger partial charge on any atom is -0.356 e. The molecule has 3 fully saturated rings. The number of benzene rings is 1. The monoisotopic (exact) mass is 552 g/mol. The van der Waals surface area contributed by atoms with Crippen molar-refractivity contribution in [2.45, 2.75) is 57.5 Å². The van der Waals surface area contributed by atoms with E-state index >= 15 is 0 Å². The van der Waals surface area contributed by atoms with Gasteiger partial charge in [-0.05, 0) is 56.1 Å². The van der Waals surface area contributed by atoms with Crippen molar-refractivity contribution in [3.05, 3.63) is 29.8 Å². The molecule has 2 aliphatic heterocycles. The molecule has 4 amide bonds. The molecule has 1 aromatic rings. The molecule has 0 spiro atoms. The lowest BCUT2D eigenvalue weighted by Crippen LogP contribution is -2.55. The van der Waals surface area contributed by atoms with Gasteiger partial charge in [-0.15, -0.1) is 13.2 Å². The third kappa shape index (κ3) is 6.75. The van der Waals surface area contributed by atoms with E-state index in [2.05, 4.69) is 20.7 Å². The van der Waals surface area contributed by atoms with Crippen molar-refractivity contribution in [3.63, 3.8) is 0 Å². The van der Waals surface area contributed by atoms with Gasteiger partial charge in [0.25, 0.3) is 0 Å². The Labute approximate surface area is 223 Å². The smallest absolute Gasteiger partial charge is 0.356 e. The normalized spacial score (nSPS) is 25.1. The number of carbonyl (C=O) groups is 5. The summed E-state index contributed by atoms with van der Waals surface area (Å²) in [5.41, 5.74) is 1.19. The lowest BCUT2D eigenvalue weighted by atomic mass is 9.92. The standard InChI is InChI=1S/C26H31F3N4O6/c1-14-5-2-3-8-18(14)31-24(37)25(38)33-12-16-6-4-7-17(16)21(33)23(36)32-19(11-15-9-10-30-22(15)35)20(34)13-39-26(27,28)29/h2-3,5,8,15-17,19,21H,4,6-7,9-13H2,1H3,(H,30,35)(H,31,37)(H,32,36)/t15-,16-,17-,19-,21?/m0/s1. The van der Waals surface area contributed by atoms with E-state index in [0.717, 1.165) is 18.4 Å². The fourth-order valence-electron chi connectivity index (χ4n) is 5.81. The fraction of sp³-hybridized carbons (Fsp3) is 0.577. The van der Waals surface area contributed by atoms with E-state index in [1.165, 1.54) is 4.90 Å². The van der Waals surface area contributed by atoms with Crippen LogP contribution in [0.3, 0.4) is 0 Å². The topological polar surface area (TPSA) is 134 Å². The number of rotatable bonds is 8. The van der Waals surface area contributed by atoms with Gasteiger partial charge in [0.1, 0.15) is 12.6 Å². The summed E-state index contributed by atoms with van der Waals surface area (Å²) in [5.74, 6) is -4.95. The fourth-order valence-corrected chi connectivity index (χ4v) is 5.81. The summed E-state index contributed by atoms with van der Waals surface area (Å²) in [5, 5.41) is 7.66. The predicted octanol–water partition coefficient (Wildman–Crippen LogP) is 1.68. The minimum atomic E-state index is -5.05. The lowest BCUT2D eigenvalue weighted by Gasteiger charge is -2.29. The molecule has 1 unspecified atom stereocenters. The molecule has 212 valence electrons. The molecular formula is C26H31F3N4O6. The molecule has 0 radical (unpaired) electrons. The SMILES string of the molecule is Cc1ccccc1NC(=O)C(=O)N1C[C@@H]2CCC[C@@H]2C1C(=O)N[C@@H](C[C@@H]1CCNC1=O)C(=O)COC(F)(F)F. The van der Waals surface area contributed by atoms with Crippen LogP contribution in [0.1, 0.15) is 37.7 Å². The number of nitrogens with zero attached hydrogens (tertiary/aromatic N) is 1. The van der Waals surface area contributed by atoms with Crippen LogP contribution in [0.25, 0.3) is 0 Å². The quantitative estimate of drug-likeness (QED) is 0.421. The number of carbonyl (C=O) groups excluding carboxylic acids is 5. The first-order chi connectivity index (χ1) is 18.4. The highest BCUT2D eigenvalue weighted by atomic mass is 19.4. The van der Waals surface area contributed by atoms with Gasteiger partial charge in [0.2, 0.25) is 11.8 Å². The second kappa shape index (κ2) is 11.7. The first-order valence-electron chi connectivity index (χ1n) is 12.9. The van der Waals surface area contributed by atoms with Crippen LogP contribution in [0.15, 0.2) is 24.3 Å². The molecule has 1 saturated carbocycles. The molecule has 0 aromatic heterocycles. The van der Waals surface area contributed by atoms with E-state index in [9.17, 15) is 37.1 Å². The second-order valence-electron chi connectivity index (χ2n) is 10.3. The number of ketones is 1. The summed E-state index contributed by atoms with van der Waals surface area (Å²) < 4.78 is 41.4. The van der Waals surface area contributed by atoms with Gasteiger partial charge in [0, 0.05) is 24.7 Å². The minimum absolute atomic E-state index is 0.0284. The Balaban J connectivity index is 1.51. The molecule has 10 nitrogen and oxygen atoms in total. The third-order valence-electron chi connectivity index (χ3n) is 7.77. The number of amides is 4. The van der Waals surface area contributed by atoms with Gasteiger partial charge in [-0.1, -0.05) is 24.6 Å². The van der Waals surface area contributed by atoms with Crippen LogP contribution in [0, 0.1) is 24.7 Å². The Hall–Kier alpha value is -3.48. The molecule has 1 aromatic carbocycles. The zero-order valence-corrected chi connectivity index (χ0v) is 21.4. The second-order valence-corrected chi connectivity index (χ2v) is 10.3. The number of ether oxygens (including phenoxy) is 1. The average molecular weight is 553 g/mol. The molecule has 39 heavy (non-hydrogen) atoms.